The van der Waals surface area contributed by atoms with Crippen molar-refractivity contribution in [2.45, 2.75) is 20.8 Å². The molecule has 0 aliphatic heterocycles. The van der Waals surface area contributed by atoms with E-state index in [0.717, 1.165) is 0 Å². The first kappa shape index (κ1) is 25.9. The highest BCUT2D eigenvalue weighted by Gasteiger charge is 2.20. The Kier molecular flexibility index (Phi) is 9.93. The molecule has 0 spiro atoms. The van der Waals surface area contributed by atoms with E-state index in [9.17, 15) is 9.59 Å². The van der Waals surface area contributed by atoms with Crippen LogP contribution in [0.3, 0.4) is 0 Å². The van der Waals surface area contributed by atoms with Gasteiger partial charge in [0.1, 0.15) is 11.5 Å². The minimum absolute atomic E-state index is 0.156. The molecule has 180 valence electrons. The van der Waals surface area contributed by atoms with E-state index in [4.69, 9.17) is 40.0 Å². The lowest BCUT2D eigenvalue weighted by molar-refractivity contribution is -0.119. The topological polar surface area (TPSA) is 102 Å². The van der Waals surface area contributed by atoms with Crippen molar-refractivity contribution in [3.63, 3.8) is 0 Å². The number of anilines is 1. The summed E-state index contributed by atoms with van der Waals surface area (Å²) in [7, 11) is 2.91. The van der Waals surface area contributed by atoms with Crippen LogP contribution >= 0.6 is 11.6 Å². The number of rotatable bonds is 12. The summed E-state index contributed by atoms with van der Waals surface area (Å²) in [6.07, 6.45) is 0. The Hall–Kier alpha value is -3.33. The van der Waals surface area contributed by atoms with E-state index in [1.807, 2.05) is 20.8 Å². The van der Waals surface area contributed by atoms with Crippen molar-refractivity contribution in [3.05, 3.63) is 34.9 Å². The maximum absolute atomic E-state index is 12.6. The number of benzene rings is 2. The van der Waals surface area contributed by atoms with Crippen molar-refractivity contribution < 1.29 is 38.0 Å². The molecule has 2 aromatic rings. The number of amides is 1. The second-order valence-electron chi connectivity index (χ2n) is 6.41. The van der Waals surface area contributed by atoms with E-state index in [2.05, 4.69) is 5.32 Å². The van der Waals surface area contributed by atoms with E-state index in [-0.39, 0.29) is 10.6 Å². The molecule has 0 aromatic heterocycles. The molecule has 9 nitrogen and oxygen atoms in total. The molecule has 0 atom stereocenters. The van der Waals surface area contributed by atoms with Crippen molar-refractivity contribution in [2.75, 3.05) is 46.0 Å². The smallest absolute Gasteiger partial charge is 0.338 e. The first-order valence-corrected chi connectivity index (χ1v) is 10.7. The molecule has 0 radical (unpaired) electrons. The summed E-state index contributed by atoms with van der Waals surface area (Å²) in [6, 6.07) is 6.00. The highest BCUT2D eigenvalue weighted by molar-refractivity contribution is 6.32. The summed E-state index contributed by atoms with van der Waals surface area (Å²) in [5.74, 6) is 0.519. The molecule has 0 aliphatic carbocycles. The molecule has 0 unspecified atom stereocenters. The number of methoxy groups -OCH3 is 2. The number of carbonyl (C=O) groups is 2. The minimum Gasteiger partial charge on any atom is -0.495 e. The van der Waals surface area contributed by atoms with Crippen molar-refractivity contribution in [3.8, 4) is 28.7 Å². The molecule has 0 bridgehead atoms. The average Bonchev–Trinajstić information content (AvgIpc) is 2.80. The molecule has 33 heavy (non-hydrogen) atoms. The van der Waals surface area contributed by atoms with Gasteiger partial charge in [-0.2, -0.15) is 0 Å². The van der Waals surface area contributed by atoms with Gasteiger partial charge < -0.3 is 33.7 Å². The fourth-order valence-corrected chi connectivity index (χ4v) is 3.11. The van der Waals surface area contributed by atoms with E-state index in [1.54, 1.807) is 0 Å². The lowest BCUT2D eigenvalue weighted by Gasteiger charge is -2.17. The Morgan fingerprint density at radius 3 is 1.91 bits per heavy atom. The average molecular weight is 482 g/mol. The van der Waals surface area contributed by atoms with Crippen molar-refractivity contribution in [1.82, 2.24) is 0 Å². The van der Waals surface area contributed by atoms with E-state index in [1.165, 1.54) is 38.5 Å². The van der Waals surface area contributed by atoms with Gasteiger partial charge in [-0.3, -0.25) is 4.79 Å². The Labute approximate surface area is 197 Å². The second-order valence-corrected chi connectivity index (χ2v) is 6.82. The SMILES string of the molecule is CCOc1cc(C(=O)OCC(=O)Nc2cc(Cl)c(OC)cc2OC)cc(OCC)c1OCC. The lowest BCUT2D eigenvalue weighted by Crippen LogP contribution is -2.21. The van der Waals surface area contributed by atoms with E-state index < -0.39 is 18.5 Å². The highest BCUT2D eigenvalue weighted by atomic mass is 35.5. The number of halogens is 1. The van der Waals surface area contributed by atoms with Crippen LogP contribution in [0, 0.1) is 0 Å². The summed E-state index contributed by atoms with van der Waals surface area (Å²) in [5, 5.41) is 2.88. The first-order chi connectivity index (χ1) is 15.9. The van der Waals surface area contributed by atoms with Crippen molar-refractivity contribution in [2.24, 2.45) is 0 Å². The van der Waals surface area contributed by atoms with Gasteiger partial charge in [0.2, 0.25) is 5.75 Å². The van der Waals surface area contributed by atoms with Gasteiger partial charge in [0.25, 0.3) is 5.91 Å². The minimum atomic E-state index is -0.727. The molecule has 10 heteroatoms. The third-order valence-electron chi connectivity index (χ3n) is 4.23. The van der Waals surface area contributed by atoms with Gasteiger partial charge in [0.15, 0.2) is 18.1 Å². The Bertz CT molecular complexity index is 952. The fraction of sp³-hybridized carbons (Fsp3) is 0.391. The van der Waals surface area contributed by atoms with Crippen LogP contribution in [-0.4, -0.2) is 52.5 Å². The number of esters is 1. The van der Waals surface area contributed by atoms with Crippen LogP contribution < -0.4 is 29.0 Å². The highest BCUT2D eigenvalue weighted by Crippen LogP contribution is 2.39. The number of ether oxygens (including phenoxy) is 6. The van der Waals surface area contributed by atoms with Crippen LogP contribution in [0.4, 0.5) is 5.69 Å². The molecule has 0 aliphatic rings. The van der Waals surface area contributed by atoms with Crippen LogP contribution in [0.5, 0.6) is 28.7 Å². The molecule has 2 aromatic carbocycles. The van der Waals surface area contributed by atoms with E-state index in [0.29, 0.717) is 54.3 Å². The normalized spacial score (nSPS) is 10.2. The van der Waals surface area contributed by atoms with Gasteiger partial charge in [-0.25, -0.2) is 4.79 Å². The zero-order chi connectivity index (χ0) is 24.4. The van der Waals surface area contributed by atoms with Gasteiger partial charge in [0, 0.05) is 6.07 Å². The molecule has 1 N–H and O–H groups in total. The largest absolute Gasteiger partial charge is 0.495 e. The van der Waals surface area contributed by atoms with E-state index >= 15 is 0 Å². The number of nitrogens with one attached hydrogen (secondary N) is 1. The van der Waals surface area contributed by atoms with Crippen molar-refractivity contribution in [1.29, 1.82) is 0 Å². The van der Waals surface area contributed by atoms with Gasteiger partial charge >= 0.3 is 5.97 Å². The van der Waals surface area contributed by atoms with Crippen LogP contribution in [-0.2, 0) is 9.53 Å². The van der Waals surface area contributed by atoms with Gasteiger partial charge in [-0.05, 0) is 39.0 Å². The van der Waals surface area contributed by atoms with Crippen LogP contribution in [0.15, 0.2) is 24.3 Å². The molecule has 1 amide bonds. The summed E-state index contributed by atoms with van der Waals surface area (Å²) in [5.41, 5.74) is 0.464. The summed E-state index contributed by atoms with van der Waals surface area (Å²) in [6.45, 7) is 6.03. The molecular formula is C23H28ClNO8. The number of carbonyl (C=O) groups excluding carboxylic acids is 2. The summed E-state index contributed by atoms with van der Waals surface area (Å²) >= 11 is 6.11. The van der Waals surface area contributed by atoms with Crippen LogP contribution in [0.2, 0.25) is 5.02 Å². The molecule has 0 heterocycles. The number of hydrogen-bond acceptors (Lipinski definition) is 8. The lowest BCUT2D eigenvalue weighted by atomic mass is 10.2. The molecular weight excluding hydrogens is 454 g/mol. The fourth-order valence-electron chi connectivity index (χ4n) is 2.86. The Morgan fingerprint density at radius 2 is 1.39 bits per heavy atom. The quantitative estimate of drug-likeness (QED) is 0.446. The Balaban J connectivity index is 2.15. The van der Waals surface area contributed by atoms with Crippen LogP contribution in [0.25, 0.3) is 0 Å². The second kappa shape index (κ2) is 12.6. The molecule has 0 saturated carbocycles. The maximum Gasteiger partial charge on any atom is 0.338 e. The number of hydrogen-bond donors (Lipinski definition) is 1. The summed E-state index contributed by atoms with van der Waals surface area (Å²) < 4.78 is 32.4. The zero-order valence-electron chi connectivity index (χ0n) is 19.3. The standard InChI is InChI=1S/C23H28ClNO8/c1-6-30-19-9-14(10-20(31-7-2)22(19)32-8-3)23(27)33-13-21(26)25-16-11-15(24)17(28-4)12-18(16)29-5/h9-12H,6-8,13H2,1-5H3,(H,25,26). The first-order valence-electron chi connectivity index (χ1n) is 10.3. The van der Waals surface area contributed by atoms with Crippen LogP contribution in [0.1, 0.15) is 31.1 Å². The van der Waals surface area contributed by atoms with Gasteiger partial charge in [-0.1, -0.05) is 11.6 Å². The van der Waals surface area contributed by atoms with Gasteiger partial charge in [0.05, 0.1) is 50.3 Å². The molecule has 0 fully saturated rings. The Morgan fingerprint density at radius 1 is 0.818 bits per heavy atom. The predicted molar refractivity (Wildman–Crippen MR) is 123 cm³/mol. The van der Waals surface area contributed by atoms with Crippen molar-refractivity contribution >= 4 is 29.2 Å². The molecule has 2 rings (SSSR count). The van der Waals surface area contributed by atoms with Gasteiger partial charge in [-0.15, -0.1) is 0 Å². The summed E-state index contributed by atoms with van der Waals surface area (Å²) in [4.78, 5) is 25.0. The zero-order valence-corrected chi connectivity index (χ0v) is 20.0. The molecule has 0 saturated heterocycles. The maximum atomic E-state index is 12.6. The third-order valence-corrected chi connectivity index (χ3v) is 4.52. The monoisotopic (exact) mass is 481 g/mol. The third kappa shape index (κ3) is 6.82. The predicted octanol–water partition coefficient (Wildman–Crippen LogP) is 4.35.